The van der Waals surface area contributed by atoms with Gasteiger partial charge in [0.25, 0.3) is 5.91 Å². The molecule has 0 N–H and O–H groups in total. The van der Waals surface area contributed by atoms with E-state index in [1.807, 2.05) is 32.9 Å². The highest BCUT2D eigenvalue weighted by atomic mass is 16.5. The average Bonchev–Trinajstić information content (AvgIpc) is 2.88. The van der Waals surface area contributed by atoms with Gasteiger partial charge in [-0.25, -0.2) is 9.69 Å². The van der Waals surface area contributed by atoms with Crippen molar-refractivity contribution >= 4 is 17.9 Å². The van der Waals surface area contributed by atoms with Gasteiger partial charge < -0.3 is 9.64 Å². The first kappa shape index (κ1) is 16.1. The van der Waals surface area contributed by atoms with E-state index in [-0.39, 0.29) is 43.0 Å². The van der Waals surface area contributed by atoms with Crippen molar-refractivity contribution < 1.29 is 19.1 Å². The second-order valence-corrected chi connectivity index (χ2v) is 6.11. The van der Waals surface area contributed by atoms with Crippen molar-refractivity contribution in [2.75, 3.05) is 19.8 Å². The minimum atomic E-state index is -0.518. The van der Waals surface area contributed by atoms with Gasteiger partial charge in [-0.2, -0.15) is 0 Å². The van der Waals surface area contributed by atoms with Crippen molar-refractivity contribution in [3.8, 4) is 12.3 Å². The van der Waals surface area contributed by atoms with E-state index in [2.05, 4.69) is 5.92 Å². The number of allylic oxidation sites excluding steroid dienone is 2. The Bertz CT molecular complexity index is 573. The van der Waals surface area contributed by atoms with Crippen molar-refractivity contribution in [1.82, 2.24) is 9.80 Å². The van der Waals surface area contributed by atoms with Crippen molar-refractivity contribution in [1.29, 1.82) is 0 Å². The number of esters is 1. The highest BCUT2D eigenvalue weighted by molar-refractivity contribution is 6.02. The van der Waals surface area contributed by atoms with Crippen LogP contribution in [-0.2, 0) is 14.3 Å². The molecule has 0 bridgehead atoms. The molecule has 0 unspecified atom stereocenters. The van der Waals surface area contributed by atoms with Crippen LogP contribution in [0.5, 0.6) is 0 Å². The molecular formula is C16H20N2O4. The molecule has 3 amide bonds. The Kier molecular flexibility index (Phi) is 4.27. The van der Waals surface area contributed by atoms with Crippen LogP contribution in [0.1, 0.15) is 20.8 Å². The number of imide groups is 1. The zero-order valence-electron chi connectivity index (χ0n) is 13.0. The fraction of sp³-hybridized carbons (Fsp3) is 0.562. The summed E-state index contributed by atoms with van der Waals surface area (Å²) in [7, 11) is 0. The molecule has 6 heteroatoms. The van der Waals surface area contributed by atoms with Gasteiger partial charge in [0.2, 0.25) is 0 Å². The molecule has 0 aromatic heterocycles. The van der Waals surface area contributed by atoms with Crippen LogP contribution in [0.15, 0.2) is 12.2 Å². The number of hydrogen-bond donors (Lipinski definition) is 0. The first-order valence-corrected chi connectivity index (χ1v) is 7.16. The summed E-state index contributed by atoms with van der Waals surface area (Å²) in [4.78, 5) is 38.0. The summed E-state index contributed by atoms with van der Waals surface area (Å²) in [6.07, 6.45) is 9.03. The second kappa shape index (κ2) is 5.84. The monoisotopic (exact) mass is 304 g/mol. The largest absolute Gasteiger partial charge is 0.443 e. The van der Waals surface area contributed by atoms with E-state index in [1.54, 1.807) is 0 Å². The van der Waals surface area contributed by atoms with Crippen LogP contribution in [0, 0.1) is 29.6 Å². The molecule has 2 aliphatic rings. The molecule has 1 saturated heterocycles. The van der Waals surface area contributed by atoms with E-state index >= 15 is 0 Å². The molecule has 1 aliphatic heterocycles. The summed E-state index contributed by atoms with van der Waals surface area (Å²) in [5.41, 5.74) is -0.155. The van der Waals surface area contributed by atoms with Crippen LogP contribution in [0.3, 0.4) is 0 Å². The topological polar surface area (TPSA) is 66.9 Å². The number of carbonyl (C=O) groups excluding carboxylic acids is 3. The third-order valence-corrected chi connectivity index (χ3v) is 4.31. The molecule has 1 aliphatic carbocycles. The van der Waals surface area contributed by atoms with E-state index in [0.717, 1.165) is 4.90 Å². The lowest BCUT2D eigenvalue weighted by Crippen LogP contribution is -2.36. The van der Waals surface area contributed by atoms with Crippen LogP contribution in [0.4, 0.5) is 4.79 Å². The van der Waals surface area contributed by atoms with E-state index in [9.17, 15) is 14.4 Å². The smallest absolute Gasteiger partial charge is 0.330 e. The van der Waals surface area contributed by atoms with E-state index in [0.29, 0.717) is 0 Å². The molecule has 1 saturated carbocycles. The van der Waals surface area contributed by atoms with Gasteiger partial charge in [-0.1, -0.05) is 31.9 Å². The number of carbonyl (C=O) groups is 3. The third kappa shape index (κ3) is 2.71. The highest BCUT2D eigenvalue weighted by Gasteiger charge is 2.61. The zero-order valence-corrected chi connectivity index (χ0v) is 13.0. The maximum absolute atomic E-state index is 12.1. The molecular weight excluding hydrogens is 284 g/mol. The average molecular weight is 304 g/mol. The summed E-state index contributed by atoms with van der Waals surface area (Å²) in [6.45, 7) is 5.52. The van der Waals surface area contributed by atoms with E-state index in [1.165, 1.54) is 4.90 Å². The zero-order chi connectivity index (χ0) is 16.5. The predicted octanol–water partition coefficient (Wildman–Crippen LogP) is 1.23. The minimum absolute atomic E-state index is 0.0635. The third-order valence-electron chi connectivity index (χ3n) is 4.31. The Balaban J connectivity index is 1.91. The van der Waals surface area contributed by atoms with Gasteiger partial charge in [-0.05, 0) is 18.3 Å². The Morgan fingerprint density at radius 2 is 2.18 bits per heavy atom. The van der Waals surface area contributed by atoms with Gasteiger partial charge in [0.15, 0.2) is 6.73 Å². The molecule has 2 rings (SSSR count). The normalized spacial score (nSPS) is 26.5. The van der Waals surface area contributed by atoms with Crippen molar-refractivity contribution in [2.24, 2.45) is 17.3 Å². The highest BCUT2D eigenvalue weighted by Crippen LogP contribution is 2.59. The van der Waals surface area contributed by atoms with Gasteiger partial charge in [-0.15, -0.1) is 6.42 Å². The van der Waals surface area contributed by atoms with E-state index < -0.39 is 11.9 Å². The molecule has 2 fully saturated rings. The van der Waals surface area contributed by atoms with Crippen LogP contribution < -0.4 is 0 Å². The van der Waals surface area contributed by atoms with Gasteiger partial charge >= 0.3 is 12.0 Å². The molecule has 6 nitrogen and oxygen atoms in total. The second-order valence-electron chi connectivity index (χ2n) is 6.11. The number of urea groups is 1. The summed E-state index contributed by atoms with van der Waals surface area (Å²) < 4.78 is 5.16. The molecule has 0 spiro atoms. The number of ether oxygens (including phenoxy) is 1. The Hall–Kier alpha value is -2.29. The van der Waals surface area contributed by atoms with Crippen LogP contribution in [0.2, 0.25) is 0 Å². The van der Waals surface area contributed by atoms with Crippen LogP contribution >= 0.6 is 0 Å². The molecule has 22 heavy (non-hydrogen) atoms. The maximum atomic E-state index is 12.1. The fourth-order valence-corrected chi connectivity index (χ4v) is 2.87. The standard InChI is InChI=1S/C16H20N2O4/c1-5-7-11-13(16(11,3)4)14(20)22-10-18-12(19)9-17(8-6-2)15(18)21/h2,5,7,11,13H,8-10H2,1,3-4H3/t11-,13-/m0/s1. The van der Waals surface area contributed by atoms with Gasteiger partial charge in [0, 0.05) is 0 Å². The maximum Gasteiger partial charge on any atom is 0.330 e. The molecule has 0 radical (unpaired) electrons. The number of amides is 3. The van der Waals surface area contributed by atoms with Gasteiger partial charge in [-0.3, -0.25) is 9.59 Å². The van der Waals surface area contributed by atoms with Gasteiger partial charge in [0.05, 0.1) is 12.5 Å². The number of hydrogen-bond acceptors (Lipinski definition) is 4. The van der Waals surface area contributed by atoms with Crippen molar-refractivity contribution in [2.45, 2.75) is 20.8 Å². The lowest BCUT2D eigenvalue weighted by atomic mass is 10.1. The Morgan fingerprint density at radius 1 is 1.50 bits per heavy atom. The fourth-order valence-electron chi connectivity index (χ4n) is 2.87. The first-order valence-electron chi connectivity index (χ1n) is 7.16. The number of rotatable bonds is 5. The van der Waals surface area contributed by atoms with Crippen molar-refractivity contribution in [3.63, 3.8) is 0 Å². The number of terminal acetylenes is 1. The molecule has 118 valence electrons. The molecule has 0 aromatic rings. The molecule has 0 aromatic carbocycles. The predicted molar refractivity (Wildman–Crippen MR) is 79.2 cm³/mol. The Labute approximate surface area is 130 Å². The summed E-state index contributed by atoms with van der Waals surface area (Å²) in [6, 6.07) is -0.518. The van der Waals surface area contributed by atoms with E-state index in [4.69, 9.17) is 11.2 Å². The Morgan fingerprint density at radius 3 is 2.77 bits per heavy atom. The lowest BCUT2D eigenvalue weighted by molar-refractivity contribution is -0.151. The van der Waals surface area contributed by atoms with Crippen LogP contribution in [-0.4, -0.2) is 47.5 Å². The quantitative estimate of drug-likeness (QED) is 0.332. The summed E-state index contributed by atoms with van der Waals surface area (Å²) >= 11 is 0. The molecule has 1 heterocycles. The summed E-state index contributed by atoms with van der Waals surface area (Å²) in [5.74, 6) is 1.42. The minimum Gasteiger partial charge on any atom is -0.443 e. The summed E-state index contributed by atoms with van der Waals surface area (Å²) in [5, 5.41) is 0. The first-order chi connectivity index (χ1) is 10.3. The number of nitrogens with zero attached hydrogens (tertiary/aromatic N) is 2. The lowest BCUT2D eigenvalue weighted by Gasteiger charge is -2.15. The van der Waals surface area contributed by atoms with Gasteiger partial charge in [0.1, 0.15) is 6.54 Å². The SMILES string of the molecule is C#CCN1CC(=O)N(COC(=O)[C@@H]2[C@H](C=CC)C2(C)C)C1=O. The van der Waals surface area contributed by atoms with Crippen molar-refractivity contribution in [3.05, 3.63) is 12.2 Å². The molecule has 2 atom stereocenters. The van der Waals surface area contributed by atoms with Crippen LogP contribution in [0.25, 0.3) is 0 Å².